The van der Waals surface area contributed by atoms with Crippen molar-refractivity contribution in [3.8, 4) is 0 Å². The number of ether oxygens (including phenoxy) is 1. The Morgan fingerprint density at radius 2 is 1.82 bits per heavy atom. The lowest BCUT2D eigenvalue weighted by molar-refractivity contribution is 0.163. The van der Waals surface area contributed by atoms with Gasteiger partial charge in [-0.2, -0.15) is 0 Å². The van der Waals surface area contributed by atoms with Gasteiger partial charge in [0, 0.05) is 12.4 Å². The van der Waals surface area contributed by atoms with Gasteiger partial charge in [-0.1, -0.05) is 6.92 Å². The van der Waals surface area contributed by atoms with E-state index in [4.69, 9.17) is 4.74 Å². The van der Waals surface area contributed by atoms with E-state index >= 15 is 0 Å². The van der Waals surface area contributed by atoms with E-state index in [1.54, 1.807) is 0 Å². The zero-order chi connectivity index (χ0) is 8.74. The minimum Gasteiger partial charge on any atom is -0.381 e. The molecule has 0 aliphatic carbocycles. The van der Waals surface area contributed by atoms with E-state index in [1.807, 2.05) is 13.8 Å². The molecule has 0 aromatic heterocycles. The third-order valence-electron chi connectivity index (χ3n) is 1.26. The van der Waals surface area contributed by atoms with Gasteiger partial charge in [0.2, 0.25) is 0 Å². The van der Waals surface area contributed by atoms with Gasteiger partial charge < -0.3 is 4.74 Å². The standard InChI is InChI=1S/C7H16O3S/c1-3-6-11(8,9)7-5-10-4-2/h3-7H2,1-2H3. The Morgan fingerprint density at radius 3 is 2.27 bits per heavy atom. The zero-order valence-electron chi connectivity index (χ0n) is 7.17. The minimum absolute atomic E-state index is 0.161. The third-order valence-corrected chi connectivity index (χ3v) is 3.08. The Kier molecular flexibility index (Phi) is 5.50. The van der Waals surface area contributed by atoms with Crippen molar-refractivity contribution in [2.45, 2.75) is 20.3 Å². The van der Waals surface area contributed by atoms with E-state index in [0.29, 0.717) is 19.6 Å². The molecule has 0 N–H and O–H groups in total. The quantitative estimate of drug-likeness (QED) is 0.569. The van der Waals surface area contributed by atoms with Gasteiger partial charge in [0.05, 0.1) is 12.4 Å². The predicted octanol–water partition coefficient (Wildman–Crippen LogP) is 0.848. The second-order valence-electron chi connectivity index (χ2n) is 2.35. The molecule has 0 radical (unpaired) electrons. The van der Waals surface area contributed by atoms with Gasteiger partial charge in [-0.25, -0.2) is 8.42 Å². The molecule has 0 aliphatic heterocycles. The predicted molar refractivity (Wildman–Crippen MR) is 45.4 cm³/mol. The van der Waals surface area contributed by atoms with E-state index in [2.05, 4.69) is 0 Å². The molecular weight excluding hydrogens is 164 g/mol. The number of hydrogen-bond donors (Lipinski definition) is 0. The van der Waals surface area contributed by atoms with Crippen molar-refractivity contribution in [2.24, 2.45) is 0 Å². The monoisotopic (exact) mass is 180 g/mol. The highest BCUT2D eigenvalue weighted by Crippen LogP contribution is 1.93. The van der Waals surface area contributed by atoms with E-state index in [1.165, 1.54) is 0 Å². The number of hydrogen-bond acceptors (Lipinski definition) is 3. The first-order valence-corrected chi connectivity index (χ1v) is 5.72. The molecule has 0 aromatic carbocycles. The lowest BCUT2D eigenvalue weighted by atomic mass is 10.6. The lowest BCUT2D eigenvalue weighted by Gasteiger charge is -2.01. The summed E-state index contributed by atoms with van der Waals surface area (Å²) in [5.74, 6) is 0.439. The van der Waals surface area contributed by atoms with Gasteiger partial charge in [-0.3, -0.25) is 0 Å². The molecule has 0 aliphatic rings. The molecule has 3 nitrogen and oxygen atoms in total. The topological polar surface area (TPSA) is 43.4 Å². The van der Waals surface area contributed by atoms with Crippen molar-refractivity contribution in [3.63, 3.8) is 0 Å². The molecular formula is C7H16O3S. The van der Waals surface area contributed by atoms with Gasteiger partial charge in [0.1, 0.15) is 0 Å². The summed E-state index contributed by atoms with van der Waals surface area (Å²) in [5.41, 5.74) is 0. The molecule has 0 rings (SSSR count). The van der Waals surface area contributed by atoms with Crippen molar-refractivity contribution in [1.29, 1.82) is 0 Å². The Bertz CT molecular complexity index is 172. The minimum atomic E-state index is -2.83. The maximum Gasteiger partial charge on any atom is 0.152 e. The van der Waals surface area contributed by atoms with E-state index in [0.717, 1.165) is 0 Å². The second kappa shape index (κ2) is 5.55. The Balaban J connectivity index is 3.56. The Hall–Kier alpha value is -0.0900. The first kappa shape index (κ1) is 10.9. The fourth-order valence-electron chi connectivity index (χ4n) is 0.743. The SMILES string of the molecule is CCCS(=O)(=O)CCOCC. The maximum atomic E-state index is 11.0. The van der Waals surface area contributed by atoms with Crippen LogP contribution in [0.15, 0.2) is 0 Å². The van der Waals surface area contributed by atoms with Crippen LogP contribution in [0.4, 0.5) is 0 Å². The van der Waals surface area contributed by atoms with Crippen molar-refractivity contribution < 1.29 is 13.2 Å². The average molecular weight is 180 g/mol. The fourth-order valence-corrected chi connectivity index (χ4v) is 1.94. The largest absolute Gasteiger partial charge is 0.381 e. The molecule has 68 valence electrons. The van der Waals surface area contributed by atoms with Crippen LogP contribution in [0.5, 0.6) is 0 Å². The van der Waals surface area contributed by atoms with Crippen LogP contribution in [0.1, 0.15) is 20.3 Å². The van der Waals surface area contributed by atoms with Crippen LogP contribution >= 0.6 is 0 Å². The van der Waals surface area contributed by atoms with E-state index < -0.39 is 9.84 Å². The zero-order valence-corrected chi connectivity index (χ0v) is 7.99. The van der Waals surface area contributed by atoms with Gasteiger partial charge >= 0.3 is 0 Å². The van der Waals surface area contributed by atoms with Gasteiger partial charge in [0.15, 0.2) is 9.84 Å². The van der Waals surface area contributed by atoms with Crippen molar-refractivity contribution in [2.75, 3.05) is 24.7 Å². The highest BCUT2D eigenvalue weighted by molar-refractivity contribution is 7.91. The van der Waals surface area contributed by atoms with E-state index in [-0.39, 0.29) is 11.5 Å². The number of rotatable bonds is 6. The summed E-state index contributed by atoms with van der Waals surface area (Å²) in [4.78, 5) is 0. The Labute approximate surface area is 68.7 Å². The molecule has 0 fully saturated rings. The van der Waals surface area contributed by atoms with Crippen LogP contribution in [0, 0.1) is 0 Å². The molecule has 0 saturated heterocycles. The van der Waals surface area contributed by atoms with Crippen molar-refractivity contribution >= 4 is 9.84 Å². The molecule has 0 aromatic rings. The van der Waals surface area contributed by atoms with Crippen molar-refractivity contribution in [1.82, 2.24) is 0 Å². The van der Waals surface area contributed by atoms with Crippen LogP contribution in [-0.4, -0.2) is 33.1 Å². The van der Waals surface area contributed by atoms with Gasteiger partial charge in [-0.05, 0) is 13.3 Å². The molecule has 0 bridgehead atoms. The van der Waals surface area contributed by atoms with Crippen molar-refractivity contribution in [3.05, 3.63) is 0 Å². The lowest BCUT2D eigenvalue weighted by Crippen LogP contribution is -2.15. The molecule has 0 spiro atoms. The van der Waals surface area contributed by atoms with Gasteiger partial charge in [-0.15, -0.1) is 0 Å². The highest BCUT2D eigenvalue weighted by Gasteiger charge is 2.07. The van der Waals surface area contributed by atoms with Crippen LogP contribution in [-0.2, 0) is 14.6 Å². The summed E-state index contributed by atoms with van der Waals surface area (Å²) >= 11 is 0. The average Bonchev–Trinajstić information content (AvgIpc) is 1.87. The Morgan fingerprint density at radius 1 is 1.18 bits per heavy atom. The summed E-state index contributed by atoms with van der Waals surface area (Å²) in [5, 5.41) is 0. The molecule has 0 unspecified atom stereocenters. The summed E-state index contributed by atoms with van der Waals surface area (Å²) < 4.78 is 27.0. The van der Waals surface area contributed by atoms with Gasteiger partial charge in [0.25, 0.3) is 0 Å². The fraction of sp³-hybridized carbons (Fsp3) is 1.00. The molecule has 0 amide bonds. The summed E-state index contributed by atoms with van der Waals surface area (Å²) in [7, 11) is -2.83. The molecule has 0 saturated carbocycles. The van der Waals surface area contributed by atoms with Crippen LogP contribution in [0.25, 0.3) is 0 Å². The smallest absolute Gasteiger partial charge is 0.152 e. The van der Waals surface area contributed by atoms with Crippen LogP contribution in [0.2, 0.25) is 0 Å². The maximum absolute atomic E-state index is 11.0. The summed E-state index contributed by atoms with van der Waals surface area (Å²) in [6.45, 7) is 4.63. The molecule has 11 heavy (non-hydrogen) atoms. The molecule has 4 heteroatoms. The third kappa shape index (κ3) is 6.31. The first-order valence-electron chi connectivity index (χ1n) is 3.90. The second-order valence-corrected chi connectivity index (χ2v) is 4.65. The normalized spacial score (nSPS) is 11.8. The molecule has 0 heterocycles. The summed E-state index contributed by atoms with van der Waals surface area (Å²) in [6, 6.07) is 0. The van der Waals surface area contributed by atoms with Crippen LogP contribution in [0.3, 0.4) is 0 Å². The number of sulfone groups is 1. The summed E-state index contributed by atoms with van der Waals surface area (Å²) in [6.07, 6.45) is 0.689. The highest BCUT2D eigenvalue weighted by atomic mass is 32.2. The molecule has 0 atom stereocenters. The first-order chi connectivity index (χ1) is 5.12. The van der Waals surface area contributed by atoms with E-state index in [9.17, 15) is 8.42 Å². The van der Waals surface area contributed by atoms with Crippen LogP contribution < -0.4 is 0 Å².